The lowest BCUT2D eigenvalue weighted by atomic mass is 9.86. The number of hydrogen-bond donors (Lipinski definition) is 2. The van der Waals surface area contributed by atoms with Crippen LogP contribution in [0, 0.1) is 22.7 Å². The molecule has 0 saturated carbocycles. The van der Waals surface area contributed by atoms with E-state index in [1.807, 2.05) is 6.92 Å². The summed E-state index contributed by atoms with van der Waals surface area (Å²) in [6.07, 6.45) is 2.46. The third kappa shape index (κ3) is 6.65. The Bertz CT molecular complexity index is 253. The van der Waals surface area contributed by atoms with E-state index in [-0.39, 0.29) is 11.3 Å². The number of aliphatic hydroxyl groups is 1. The predicted octanol–water partition coefficient (Wildman–Crippen LogP) is 2.70. The van der Waals surface area contributed by atoms with Gasteiger partial charge in [-0.2, -0.15) is 5.26 Å². The van der Waals surface area contributed by atoms with Crippen molar-refractivity contribution in [1.82, 2.24) is 5.32 Å². The maximum Gasteiger partial charge on any atom is 0.0768 e. The minimum Gasteiger partial charge on any atom is -0.389 e. The molecular formula is C14H28N2O. The van der Waals surface area contributed by atoms with Gasteiger partial charge < -0.3 is 10.4 Å². The molecule has 0 aliphatic heterocycles. The van der Waals surface area contributed by atoms with Crippen molar-refractivity contribution >= 4 is 0 Å². The molecule has 2 N–H and O–H groups in total. The second-order valence-electron chi connectivity index (χ2n) is 6.09. The molecule has 3 heteroatoms. The molecule has 0 aromatic carbocycles. The molecule has 100 valence electrons. The molecule has 0 saturated heterocycles. The third-order valence-corrected chi connectivity index (χ3v) is 3.67. The van der Waals surface area contributed by atoms with Gasteiger partial charge in [-0.3, -0.25) is 0 Å². The Morgan fingerprint density at radius 3 is 2.35 bits per heavy atom. The number of nitriles is 1. The van der Waals surface area contributed by atoms with E-state index >= 15 is 0 Å². The lowest BCUT2D eigenvalue weighted by molar-refractivity contribution is 0.00385. The first kappa shape index (κ1) is 16.4. The highest BCUT2D eigenvalue weighted by Gasteiger charge is 2.27. The SMILES string of the molecule is CCC(C)C(C)(O)CNCC(C)(C)CCC#N. The van der Waals surface area contributed by atoms with Crippen molar-refractivity contribution in [1.29, 1.82) is 5.26 Å². The van der Waals surface area contributed by atoms with Crippen molar-refractivity contribution in [2.75, 3.05) is 13.1 Å². The standard InChI is InChI=1S/C14H28N2O/c1-6-12(2)14(5,17)11-16-10-13(3,4)8-7-9-15/h12,16-17H,6-8,10-11H2,1-5H3. The zero-order valence-corrected chi connectivity index (χ0v) is 12.0. The van der Waals surface area contributed by atoms with E-state index in [4.69, 9.17) is 5.26 Å². The van der Waals surface area contributed by atoms with Crippen LogP contribution in [0.1, 0.15) is 53.9 Å². The number of nitrogens with one attached hydrogen (secondary N) is 1. The van der Waals surface area contributed by atoms with Gasteiger partial charge in [-0.15, -0.1) is 0 Å². The van der Waals surface area contributed by atoms with E-state index in [0.29, 0.717) is 13.0 Å². The Balaban J connectivity index is 4.02. The van der Waals surface area contributed by atoms with Gasteiger partial charge in [0, 0.05) is 19.5 Å². The Hall–Kier alpha value is -0.590. The quantitative estimate of drug-likeness (QED) is 0.686. The maximum atomic E-state index is 10.2. The fourth-order valence-corrected chi connectivity index (χ4v) is 1.75. The van der Waals surface area contributed by atoms with Gasteiger partial charge in [0.05, 0.1) is 11.7 Å². The molecule has 0 aromatic rings. The lowest BCUT2D eigenvalue weighted by Gasteiger charge is -2.32. The first-order valence-corrected chi connectivity index (χ1v) is 6.55. The van der Waals surface area contributed by atoms with E-state index in [9.17, 15) is 5.11 Å². The van der Waals surface area contributed by atoms with Gasteiger partial charge in [-0.1, -0.05) is 34.1 Å². The fraction of sp³-hybridized carbons (Fsp3) is 0.929. The van der Waals surface area contributed by atoms with Gasteiger partial charge in [0.1, 0.15) is 0 Å². The van der Waals surface area contributed by atoms with Crippen LogP contribution in [0.2, 0.25) is 0 Å². The molecule has 0 fully saturated rings. The Morgan fingerprint density at radius 1 is 1.29 bits per heavy atom. The topological polar surface area (TPSA) is 56.0 Å². The summed E-state index contributed by atoms with van der Waals surface area (Å²) in [6, 6.07) is 2.18. The molecule has 0 bridgehead atoms. The van der Waals surface area contributed by atoms with Crippen LogP contribution in [0.25, 0.3) is 0 Å². The largest absolute Gasteiger partial charge is 0.389 e. The summed E-state index contributed by atoms with van der Waals surface area (Å²) in [5, 5.41) is 22.2. The first-order chi connectivity index (χ1) is 7.75. The molecule has 0 heterocycles. The monoisotopic (exact) mass is 240 g/mol. The molecule has 17 heavy (non-hydrogen) atoms. The molecule has 0 aromatic heterocycles. The molecule has 0 radical (unpaired) electrons. The highest BCUT2D eigenvalue weighted by molar-refractivity contribution is 4.83. The highest BCUT2D eigenvalue weighted by Crippen LogP contribution is 2.22. The first-order valence-electron chi connectivity index (χ1n) is 6.55. The summed E-state index contributed by atoms with van der Waals surface area (Å²) in [4.78, 5) is 0. The molecule has 0 aliphatic rings. The van der Waals surface area contributed by atoms with Crippen LogP contribution in [0.3, 0.4) is 0 Å². The van der Waals surface area contributed by atoms with Gasteiger partial charge in [-0.25, -0.2) is 0 Å². The van der Waals surface area contributed by atoms with Crippen LogP contribution >= 0.6 is 0 Å². The molecule has 0 aliphatic carbocycles. The van der Waals surface area contributed by atoms with Crippen molar-refractivity contribution < 1.29 is 5.11 Å². The van der Waals surface area contributed by atoms with E-state index < -0.39 is 5.60 Å². The summed E-state index contributed by atoms with van der Waals surface area (Å²) >= 11 is 0. The van der Waals surface area contributed by atoms with Crippen LogP contribution < -0.4 is 5.32 Å². The summed E-state index contributed by atoms with van der Waals surface area (Å²) < 4.78 is 0. The van der Waals surface area contributed by atoms with Crippen LogP contribution in [0.4, 0.5) is 0 Å². The summed E-state index contributed by atoms with van der Waals surface area (Å²) in [5.74, 6) is 0.289. The Labute approximate surface area is 106 Å². The molecule has 0 amide bonds. The normalized spacial score (nSPS) is 17.2. The smallest absolute Gasteiger partial charge is 0.0768 e. The van der Waals surface area contributed by atoms with Gasteiger partial charge in [-0.05, 0) is 24.7 Å². The minimum atomic E-state index is -0.653. The van der Waals surface area contributed by atoms with Gasteiger partial charge >= 0.3 is 0 Å². The Kier molecular flexibility index (Phi) is 6.74. The van der Waals surface area contributed by atoms with Gasteiger partial charge in [0.25, 0.3) is 0 Å². The van der Waals surface area contributed by atoms with Crippen molar-refractivity contribution in [2.24, 2.45) is 11.3 Å². The summed E-state index contributed by atoms with van der Waals surface area (Å²) in [6.45, 7) is 11.8. The van der Waals surface area contributed by atoms with Crippen molar-refractivity contribution in [2.45, 2.75) is 59.5 Å². The van der Waals surface area contributed by atoms with Gasteiger partial charge in [0.2, 0.25) is 0 Å². The average Bonchev–Trinajstić information content (AvgIpc) is 2.24. The zero-order valence-electron chi connectivity index (χ0n) is 12.0. The second-order valence-corrected chi connectivity index (χ2v) is 6.09. The third-order valence-electron chi connectivity index (χ3n) is 3.67. The number of nitrogens with zero attached hydrogens (tertiary/aromatic N) is 1. The predicted molar refractivity (Wildman–Crippen MR) is 71.6 cm³/mol. The van der Waals surface area contributed by atoms with Crippen molar-refractivity contribution in [3.05, 3.63) is 0 Å². The van der Waals surface area contributed by atoms with E-state index in [0.717, 1.165) is 19.4 Å². The summed E-state index contributed by atoms with van der Waals surface area (Å²) in [5.41, 5.74) is -0.540. The maximum absolute atomic E-state index is 10.2. The van der Waals surface area contributed by atoms with Crippen molar-refractivity contribution in [3.63, 3.8) is 0 Å². The molecule has 2 unspecified atom stereocenters. The van der Waals surface area contributed by atoms with Crippen LogP contribution in [-0.4, -0.2) is 23.8 Å². The van der Waals surface area contributed by atoms with Crippen molar-refractivity contribution in [3.8, 4) is 6.07 Å². The summed E-state index contributed by atoms with van der Waals surface area (Å²) in [7, 11) is 0. The molecular weight excluding hydrogens is 212 g/mol. The molecule has 2 atom stereocenters. The average molecular weight is 240 g/mol. The van der Waals surface area contributed by atoms with Crippen LogP contribution in [0.15, 0.2) is 0 Å². The van der Waals surface area contributed by atoms with Gasteiger partial charge in [0.15, 0.2) is 0 Å². The zero-order chi connectivity index (χ0) is 13.5. The number of rotatable bonds is 8. The molecule has 0 spiro atoms. The lowest BCUT2D eigenvalue weighted by Crippen LogP contribution is -2.45. The fourth-order valence-electron chi connectivity index (χ4n) is 1.75. The number of hydrogen-bond acceptors (Lipinski definition) is 3. The van der Waals surface area contributed by atoms with E-state index in [1.54, 1.807) is 0 Å². The van der Waals surface area contributed by atoms with Crippen LogP contribution in [-0.2, 0) is 0 Å². The highest BCUT2D eigenvalue weighted by atomic mass is 16.3. The minimum absolute atomic E-state index is 0.112. The van der Waals surface area contributed by atoms with E-state index in [1.165, 1.54) is 0 Å². The molecule has 0 rings (SSSR count). The molecule has 3 nitrogen and oxygen atoms in total. The Morgan fingerprint density at radius 2 is 1.88 bits per heavy atom. The van der Waals surface area contributed by atoms with E-state index in [2.05, 4.69) is 39.1 Å². The van der Waals surface area contributed by atoms with Crippen LogP contribution in [0.5, 0.6) is 0 Å². The second kappa shape index (κ2) is 6.98.